The fourth-order valence-corrected chi connectivity index (χ4v) is 4.81. The Morgan fingerprint density at radius 3 is 2.48 bits per heavy atom. The highest BCUT2D eigenvalue weighted by molar-refractivity contribution is 7.92. The molecule has 0 aliphatic carbocycles. The van der Waals surface area contributed by atoms with Gasteiger partial charge >= 0.3 is 0 Å². The standard InChI is InChI=1S/C19H19ClN4O3S2/c1-12-5-4-6-16(11-12)24(29(3,26)27)13(2)17(25)21-19-23-22-18(28-19)14-7-9-15(20)10-8-14/h4-11,13H,1-3H3,(H,21,23,25). The van der Waals surface area contributed by atoms with Crippen molar-refractivity contribution < 1.29 is 13.2 Å². The summed E-state index contributed by atoms with van der Waals surface area (Å²) in [5.74, 6) is -0.504. The Bertz CT molecular complexity index is 1130. The third kappa shape index (κ3) is 5.11. The van der Waals surface area contributed by atoms with Gasteiger partial charge < -0.3 is 0 Å². The molecule has 0 spiro atoms. The zero-order valence-corrected chi connectivity index (χ0v) is 18.3. The minimum atomic E-state index is -3.69. The van der Waals surface area contributed by atoms with Gasteiger partial charge in [0.05, 0.1) is 11.9 Å². The van der Waals surface area contributed by atoms with Crippen molar-refractivity contribution in [2.75, 3.05) is 15.9 Å². The molecule has 152 valence electrons. The van der Waals surface area contributed by atoms with Gasteiger partial charge in [0.2, 0.25) is 21.1 Å². The molecule has 10 heteroatoms. The summed E-state index contributed by atoms with van der Waals surface area (Å²) < 4.78 is 25.8. The highest BCUT2D eigenvalue weighted by Gasteiger charge is 2.29. The third-order valence-electron chi connectivity index (χ3n) is 4.09. The molecule has 0 radical (unpaired) electrons. The van der Waals surface area contributed by atoms with Crippen LogP contribution >= 0.6 is 22.9 Å². The number of rotatable bonds is 6. The van der Waals surface area contributed by atoms with E-state index >= 15 is 0 Å². The Hall–Kier alpha value is -2.49. The largest absolute Gasteiger partial charge is 0.299 e. The summed E-state index contributed by atoms with van der Waals surface area (Å²) in [6, 6.07) is 13.1. The van der Waals surface area contributed by atoms with Gasteiger partial charge in [-0.3, -0.25) is 14.4 Å². The van der Waals surface area contributed by atoms with Crippen LogP contribution in [0, 0.1) is 6.92 Å². The van der Waals surface area contributed by atoms with Crippen LogP contribution in [0.15, 0.2) is 48.5 Å². The van der Waals surface area contributed by atoms with Gasteiger partial charge in [-0.05, 0) is 43.7 Å². The maximum atomic E-state index is 12.8. The zero-order valence-electron chi connectivity index (χ0n) is 16.0. The molecule has 1 N–H and O–H groups in total. The van der Waals surface area contributed by atoms with Crippen molar-refractivity contribution in [2.24, 2.45) is 0 Å². The lowest BCUT2D eigenvalue weighted by Gasteiger charge is -2.28. The maximum absolute atomic E-state index is 12.8. The SMILES string of the molecule is Cc1cccc(N(C(C)C(=O)Nc2nnc(-c3ccc(Cl)cc3)s2)S(C)(=O)=O)c1. The number of anilines is 2. The van der Waals surface area contributed by atoms with Crippen LogP contribution in [-0.2, 0) is 14.8 Å². The summed E-state index contributed by atoms with van der Waals surface area (Å²) in [4.78, 5) is 12.8. The number of aromatic nitrogens is 2. The van der Waals surface area contributed by atoms with Crippen LogP contribution in [0.3, 0.4) is 0 Å². The number of nitrogens with one attached hydrogen (secondary N) is 1. The number of aryl methyl sites for hydroxylation is 1. The first kappa shape index (κ1) is 21.2. The summed E-state index contributed by atoms with van der Waals surface area (Å²) in [5, 5.41) is 12.2. The van der Waals surface area contributed by atoms with E-state index in [0.29, 0.717) is 15.7 Å². The normalized spacial score (nSPS) is 12.4. The van der Waals surface area contributed by atoms with Gasteiger partial charge in [0.1, 0.15) is 11.0 Å². The average Bonchev–Trinajstić information content (AvgIpc) is 3.09. The second kappa shape index (κ2) is 8.48. The Balaban J connectivity index is 1.81. The maximum Gasteiger partial charge on any atom is 0.249 e. The van der Waals surface area contributed by atoms with Gasteiger partial charge in [-0.15, -0.1) is 10.2 Å². The van der Waals surface area contributed by atoms with E-state index in [2.05, 4.69) is 15.5 Å². The molecule has 3 aromatic rings. The first-order valence-electron chi connectivity index (χ1n) is 8.61. The fraction of sp³-hybridized carbons (Fsp3) is 0.211. The Kier molecular flexibility index (Phi) is 6.21. The molecule has 0 saturated carbocycles. The van der Waals surface area contributed by atoms with Crippen molar-refractivity contribution in [3.63, 3.8) is 0 Å². The summed E-state index contributed by atoms with van der Waals surface area (Å²) in [7, 11) is -3.69. The molecule has 1 aromatic heterocycles. The van der Waals surface area contributed by atoms with Gasteiger partial charge in [-0.2, -0.15) is 0 Å². The Morgan fingerprint density at radius 1 is 1.17 bits per heavy atom. The number of hydrogen-bond acceptors (Lipinski definition) is 6. The van der Waals surface area contributed by atoms with E-state index in [0.717, 1.165) is 21.7 Å². The minimum absolute atomic E-state index is 0.282. The third-order valence-corrected chi connectivity index (χ3v) is 6.47. The topological polar surface area (TPSA) is 92.3 Å². The monoisotopic (exact) mass is 450 g/mol. The molecule has 7 nitrogen and oxygen atoms in total. The molecule has 0 bridgehead atoms. The van der Waals surface area contributed by atoms with Gasteiger partial charge in [0.15, 0.2) is 0 Å². The second-order valence-corrected chi connectivity index (χ2v) is 9.76. The molecule has 1 amide bonds. The van der Waals surface area contributed by atoms with E-state index in [9.17, 15) is 13.2 Å². The molecule has 1 atom stereocenters. The van der Waals surface area contributed by atoms with Crippen LogP contribution in [0.1, 0.15) is 12.5 Å². The van der Waals surface area contributed by atoms with Gasteiger partial charge in [-0.1, -0.05) is 47.2 Å². The van der Waals surface area contributed by atoms with Crippen molar-refractivity contribution in [3.8, 4) is 10.6 Å². The molecule has 29 heavy (non-hydrogen) atoms. The molecule has 0 aliphatic rings. The minimum Gasteiger partial charge on any atom is -0.299 e. The number of carbonyl (C=O) groups is 1. The van der Waals surface area contributed by atoms with E-state index in [4.69, 9.17) is 11.6 Å². The predicted octanol–water partition coefficient (Wildman–Crippen LogP) is 3.96. The molecular formula is C19H19ClN4O3S2. The molecule has 0 aliphatic heterocycles. The number of hydrogen-bond donors (Lipinski definition) is 1. The lowest BCUT2D eigenvalue weighted by Crippen LogP contribution is -2.45. The van der Waals surface area contributed by atoms with Crippen LogP contribution in [0.5, 0.6) is 0 Å². The predicted molar refractivity (Wildman–Crippen MR) is 117 cm³/mol. The number of halogens is 1. The molecule has 0 saturated heterocycles. The molecular weight excluding hydrogens is 432 g/mol. The molecule has 1 heterocycles. The molecule has 0 fully saturated rings. The molecule has 2 aromatic carbocycles. The molecule has 3 rings (SSSR count). The van der Waals surface area contributed by atoms with Crippen molar-refractivity contribution in [3.05, 3.63) is 59.1 Å². The average molecular weight is 451 g/mol. The number of carbonyl (C=O) groups excluding carboxylic acids is 1. The van der Waals surface area contributed by atoms with E-state index in [1.54, 1.807) is 42.5 Å². The molecule has 1 unspecified atom stereocenters. The number of sulfonamides is 1. The first-order chi connectivity index (χ1) is 13.6. The van der Waals surface area contributed by atoms with Crippen molar-refractivity contribution in [1.29, 1.82) is 0 Å². The highest BCUT2D eigenvalue weighted by atomic mass is 35.5. The van der Waals surface area contributed by atoms with E-state index in [-0.39, 0.29) is 5.13 Å². The Morgan fingerprint density at radius 2 is 1.86 bits per heavy atom. The van der Waals surface area contributed by atoms with Crippen molar-refractivity contribution >= 4 is 49.7 Å². The first-order valence-corrected chi connectivity index (χ1v) is 11.7. The van der Waals surface area contributed by atoms with Gasteiger partial charge in [0, 0.05) is 10.6 Å². The Labute approximate surface area is 178 Å². The van der Waals surface area contributed by atoms with Crippen LogP contribution in [-0.4, -0.2) is 36.8 Å². The van der Waals surface area contributed by atoms with E-state index in [1.165, 1.54) is 18.3 Å². The number of nitrogens with zero attached hydrogens (tertiary/aromatic N) is 3. The van der Waals surface area contributed by atoms with E-state index in [1.807, 2.05) is 13.0 Å². The van der Waals surface area contributed by atoms with Crippen LogP contribution in [0.4, 0.5) is 10.8 Å². The summed E-state index contributed by atoms with van der Waals surface area (Å²) >= 11 is 7.08. The quantitative estimate of drug-likeness (QED) is 0.613. The zero-order chi connectivity index (χ0) is 21.2. The van der Waals surface area contributed by atoms with Crippen molar-refractivity contribution in [2.45, 2.75) is 19.9 Å². The number of benzene rings is 2. The van der Waals surface area contributed by atoms with E-state index < -0.39 is 22.0 Å². The van der Waals surface area contributed by atoms with Gasteiger partial charge in [-0.25, -0.2) is 8.42 Å². The fourth-order valence-electron chi connectivity index (χ4n) is 2.77. The number of amides is 1. The second-order valence-electron chi connectivity index (χ2n) is 6.48. The summed E-state index contributed by atoms with van der Waals surface area (Å²) in [6.07, 6.45) is 1.07. The lowest BCUT2D eigenvalue weighted by atomic mass is 10.2. The summed E-state index contributed by atoms with van der Waals surface area (Å²) in [5.41, 5.74) is 2.13. The van der Waals surface area contributed by atoms with Crippen LogP contribution < -0.4 is 9.62 Å². The lowest BCUT2D eigenvalue weighted by molar-refractivity contribution is -0.116. The summed E-state index contributed by atoms with van der Waals surface area (Å²) in [6.45, 7) is 3.38. The van der Waals surface area contributed by atoms with Gasteiger partial charge in [0.25, 0.3) is 0 Å². The smallest absolute Gasteiger partial charge is 0.249 e. The van der Waals surface area contributed by atoms with Crippen molar-refractivity contribution in [1.82, 2.24) is 10.2 Å². The van der Waals surface area contributed by atoms with Crippen LogP contribution in [0.2, 0.25) is 5.02 Å². The highest BCUT2D eigenvalue weighted by Crippen LogP contribution is 2.28. The van der Waals surface area contributed by atoms with Crippen LogP contribution in [0.25, 0.3) is 10.6 Å².